The first-order valence-electron chi connectivity index (χ1n) is 8.43. The Hall–Kier alpha value is -1.64. The second kappa shape index (κ2) is 9.03. The zero-order chi connectivity index (χ0) is 19.4. The summed E-state index contributed by atoms with van der Waals surface area (Å²) in [6, 6.07) is 7.68. The SMILES string of the molecule is CCOc1cc(C[C@H]2SC(=S)N(Cc3cccnc3)C2=O)cc(Br)c1OC. The standard InChI is InChI=1S/C19H19BrN2O3S2/c1-3-25-15-8-13(7-14(20)17(15)24-2)9-16-18(23)22(19(26)27-16)11-12-5-4-6-21-10-12/h4-8,10,16H,3,9,11H2,1-2H3/t16-/m1/s1. The number of ether oxygens (including phenoxy) is 2. The van der Waals surface area contributed by atoms with Gasteiger partial charge in [-0.2, -0.15) is 0 Å². The van der Waals surface area contributed by atoms with Crippen LogP contribution in [0.4, 0.5) is 0 Å². The number of pyridine rings is 1. The summed E-state index contributed by atoms with van der Waals surface area (Å²) in [5.41, 5.74) is 1.95. The summed E-state index contributed by atoms with van der Waals surface area (Å²) in [6.07, 6.45) is 4.03. The van der Waals surface area contributed by atoms with Crippen LogP contribution >= 0.6 is 39.9 Å². The molecule has 1 aliphatic heterocycles. The maximum absolute atomic E-state index is 12.9. The van der Waals surface area contributed by atoms with Gasteiger partial charge in [0, 0.05) is 12.4 Å². The molecule has 8 heteroatoms. The Morgan fingerprint density at radius 3 is 2.85 bits per heavy atom. The van der Waals surface area contributed by atoms with E-state index in [-0.39, 0.29) is 11.2 Å². The number of carbonyl (C=O) groups excluding carboxylic acids is 1. The van der Waals surface area contributed by atoms with E-state index in [1.165, 1.54) is 11.8 Å². The fraction of sp³-hybridized carbons (Fsp3) is 0.316. The van der Waals surface area contributed by atoms with Gasteiger partial charge in [0.15, 0.2) is 11.5 Å². The molecule has 0 unspecified atom stereocenters. The Labute approximate surface area is 176 Å². The summed E-state index contributed by atoms with van der Waals surface area (Å²) in [6.45, 7) is 2.91. The van der Waals surface area contributed by atoms with E-state index in [0.29, 0.717) is 35.4 Å². The van der Waals surface area contributed by atoms with Gasteiger partial charge in [0.05, 0.1) is 30.0 Å². The molecule has 0 N–H and O–H groups in total. The Kier molecular flexibility index (Phi) is 6.73. The van der Waals surface area contributed by atoms with Gasteiger partial charge in [-0.15, -0.1) is 0 Å². The van der Waals surface area contributed by atoms with Crippen LogP contribution in [0.15, 0.2) is 41.1 Å². The lowest BCUT2D eigenvalue weighted by Crippen LogP contribution is -2.31. The van der Waals surface area contributed by atoms with Crippen LogP contribution in [-0.4, -0.2) is 39.1 Å². The van der Waals surface area contributed by atoms with Gasteiger partial charge in [0.2, 0.25) is 5.91 Å². The van der Waals surface area contributed by atoms with E-state index >= 15 is 0 Å². The molecular formula is C19H19BrN2O3S2. The van der Waals surface area contributed by atoms with E-state index in [9.17, 15) is 4.79 Å². The van der Waals surface area contributed by atoms with Gasteiger partial charge in [-0.25, -0.2) is 0 Å². The van der Waals surface area contributed by atoms with Crippen molar-refractivity contribution < 1.29 is 14.3 Å². The third kappa shape index (κ3) is 4.62. The molecule has 1 aromatic heterocycles. The molecule has 0 bridgehead atoms. The zero-order valence-electron chi connectivity index (χ0n) is 15.0. The second-order valence-electron chi connectivity index (χ2n) is 5.90. The topological polar surface area (TPSA) is 51.7 Å². The van der Waals surface area contributed by atoms with Crippen molar-refractivity contribution in [2.75, 3.05) is 13.7 Å². The van der Waals surface area contributed by atoms with Crippen molar-refractivity contribution in [3.63, 3.8) is 0 Å². The minimum absolute atomic E-state index is 0.0266. The fourth-order valence-corrected chi connectivity index (χ4v) is 5.04. The third-order valence-corrected chi connectivity index (χ3v) is 6.24. The van der Waals surface area contributed by atoms with Gasteiger partial charge in [-0.1, -0.05) is 30.0 Å². The number of nitrogens with zero attached hydrogens (tertiary/aromatic N) is 2. The number of hydrogen-bond donors (Lipinski definition) is 0. The van der Waals surface area contributed by atoms with Crippen LogP contribution in [0.2, 0.25) is 0 Å². The molecular weight excluding hydrogens is 448 g/mol. The van der Waals surface area contributed by atoms with Crippen LogP contribution in [0.5, 0.6) is 11.5 Å². The molecule has 142 valence electrons. The monoisotopic (exact) mass is 466 g/mol. The van der Waals surface area contributed by atoms with Gasteiger partial charge in [-0.05, 0) is 58.6 Å². The lowest BCUT2D eigenvalue weighted by Gasteiger charge is -2.16. The smallest absolute Gasteiger partial charge is 0.242 e. The highest BCUT2D eigenvalue weighted by atomic mass is 79.9. The number of rotatable bonds is 7. The number of amides is 1. The second-order valence-corrected chi connectivity index (χ2v) is 8.60. The van der Waals surface area contributed by atoms with Gasteiger partial charge in [0.25, 0.3) is 0 Å². The van der Waals surface area contributed by atoms with Crippen LogP contribution in [0.3, 0.4) is 0 Å². The van der Waals surface area contributed by atoms with E-state index in [1.54, 1.807) is 24.4 Å². The molecule has 1 amide bonds. The van der Waals surface area contributed by atoms with Crippen molar-refractivity contribution in [2.45, 2.75) is 25.1 Å². The molecule has 1 saturated heterocycles. The molecule has 27 heavy (non-hydrogen) atoms. The number of thiocarbonyl (C=S) groups is 1. The Morgan fingerprint density at radius 2 is 2.19 bits per heavy atom. The van der Waals surface area contributed by atoms with Crippen molar-refractivity contribution in [3.05, 3.63) is 52.3 Å². The highest BCUT2D eigenvalue weighted by Crippen LogP contribution is 2.38. The van der Waals surface area contributed by atoms with Crippen LogP contribution in [0, 0.1) is 0 Å². The van der Waals surface area contributed by atoms with Crippen molar-refractivity contribution in [3.8, 4) is 11.5 Å². The van der Waals surface area contributed by atoms with Crippen molar-refractivity contribution in [1.82, 2.24) is 9.88 Å². The number of carbonyl (C=O) groups is 1. The molecule has 2 heterocycles. The maximum Gasteiger partial charge on any atom is 0.242 e. The van der Waals surface area contributed by atoms with Crippen molar-refractivity contribution in [1.29, 1.82) is 0 Å². The average molecular weight is 467 g/mol. The van der Waals surface area contributed by atoms with Gasteiger partial charge >= 0.3 is 0 Å². The minimum atomic E-state index is -0.246. The molecule has 0 spiro atoms. The highest BCUT2D eigenvalue weighted by molar-refractivity contribution is 9.10. The van der Waals surface area contributed by atoms with E-state index < -0.39 is 0 Å². The van der Waals surface area contributed by atoms with E-state index in [2.05, 4.69) is 20.9 Å². The first kappa shape index (κ1) is 20.1. The molecule has 0 radical (unpaired) electrons. The summed E-state index contributed by atoms with van der Waals surface area (Å²) in [4.78, 5) is 18.6. The Balaban J connectivity index is 1.76. The van der Waals surface area contributed by atoms with Crippen molar-refractivity contribution in [2.24, 2.45) is 0 Å². The van der Waals surface area contributed by atoms with Crippen LogP contribution in [-0.2, 0) is 17.8 Å². The molecule has 3 rings (SSSR count). The lowest BCUT2D eigenvalue weighted by molar-refractivity contribution is -0.126. The number of thioether (sulfide) groups is 1. The average Bonchev–Trinajstić information content (AvgIpc) is 2.90. The molecule has 1 aromatic carbocycles. The normalized spacial score (nSPS) is 16.7. The molecule has 1 aliphatic rings. The summed E-state index contributed by atoms with van der Waals surface area (Å²) in [7, 11) is 1.60. The van der Waals surface area contributed by atoms with Crippen LogP contribution < -0.4 is 9.47 Å². The van der Waals surface area contributed by atoms with Crippen molar-refractivity contribution >= 4 is 50.1 Å². The molecule has 0 saturated carbocycles. The zero-order valence-corrected chi connectivity index (χ0v) is 18.2. The van der Waals surface area contributed by atoms with Crippen LogP contribution in [0.25, 0.3) is 0 Å². The molecule has 5 nitrogen and oxygen atoms in total. The molecule has 2 aromatic rings. The summed E-state index contributed by atoms with van der Waals surface area (Å²) in [5.74, 6) is 1.34. The summed E-state index contributed by atoms with van der Waals surface area (Å²) < 4.78 is 12.5. The predicted molar refractivity (Wildman–Crippen MR) is 114 cm³/mol. The summed E-state index contributed by atoms with van der Waals surface area (Å²) >= 11 is 10.4. The lowest BCUT2D eigenvalue weighted by atomic mass is 10.1. The first-order valence-corrected chi connectivity index (χ1v) is 10.5. The highest BCUT2D eigenvalue weighted by Gasteiger charge is 2.37. The maximum atomic E-state index is 12.9. The number of methoxy groups -OCH3 is 1. The molecule has 0 aliphatic carbocycles. The number of benzene rings is 1. The van der Waals surface area contributed by atoms with E-state index in [1.807, 2.05) is 31.2 Å². The molecule has 1 fully saturated rings. The van der Waals surface area contributed by atoms with Gasteiger partial charge in [-0.3, -0.25) is 14.7 Å². The van der Waals surface area contributed by atoms with Gasteiger partial charge < -0.3 is 9.47 Å². The fourth-order valence-electron chi connectivity index (χ4n) is 2.86. The third-order valence-electron chi connectivity index (χ3n) is 4.06. The molecule has 1 atom stereocenters. The summed E-state index contributed by atoms with van der Waals surface area (Å²) in [5, 5.41) is -0.246. The number of aromatic nitrogens is 1. The predicted octanol–water partition coefficient (Wildman–Crippen LogP) is 4.22. The Morgan fingerprint density at radius 1 is 1.37 bits per heavy atom. The van der Waals surface area contributed by atoms with Crippen LogP contribution in [0.1, 0.15) is 18.1 Å². The quantitative estimate of drug-likeness (QED) is 0.569. The number of hydrogen-bond acceptors (Lipinski definition) is 6. The largest absolute Gasteiger partial charge is 0.492 e. The van der Waals surface area contributed by atoms with E-state index in [4.69, 9.17) is 21.7 Å². The first-order chi connectivity index (χ1) is 13.0. The number of halogens is 1. The Bertz CT molecular complexity index is 848. The minimum Gasteiger partial charge on any atom is -0.492 e. The van der Waals surface area contributed by atoms with E-state index in [0.717, 1.165) is 15.6 Å². The van der Waals surface area contributed by atoms with Gasteiger partial charge in [0.1, 0.15) is 4.32 Å².